The van der Waals surface area contributed by atoms with Crippen LogP contribution in [0, 0.1) is 0 Å². The lowest BCUT2D eigenvalue weighted by Gasteiger charge is -2.32. The number of benzene rings is 3. The summed E-state index contributed by atoms with van der Waals surface area (Å²) in [6, 6.07) is 22.3. The van der Waals surface area contributed by atoms with Crippen LogP contribution in [0.25, 0.3) is 0 Å². The highest BCUT2D eigenvalue weighted by molar-refractivity contribution is 9.10. The van der Waals surface area contributed by atoms with E-state index in [0.29, 0.717) is 27.8 Å². The zero-order chi connectivity index (χ0) is 26.8. The summed E-state index contributed by atoms with van der Waals surface area (Å²) in [6.45, 7) is 4.12. The zero-order valence-corrected chi connectivity index (χ0v) is 24.8. The number of carbonyl (C=O) groups is 2. The average molecular weight is 622 g/mol. The van der Waals surface area contributed by atoms with Gasteiger partial charge in [0.05, 0.1) is 5.75 Å². The Kier molecular flexibility index (Phi) is 11.8. The quantitative estimate of drug-likeness (QED) is 0.227. The number of amides is 2. The van der Waals surface area contributed by atoms with Crippen LogP contribution in [0.1, 0.15) is 37.0 Å². The molecule has 37 heavy (non-hydrogen) atoms. The molecule has 0 aromatic heterocycles. The number of thioether (sulfide) groups is 1. The van der Waals surface area contributed by atoms with Crippen LogP contribution >= 0.6 is 50.9 Å². The number of rotatable bonds is 12. The highest BCUT2D eigenvalue weighted by atomic mass is 79.9. The van der Waals surface area contributed by atoms with E-state index in [2.05, 4.69) is 21.2 Å². The molecule has 0 aliphatic heterocycles. The first-order valence-electron chi connectivity index (χ1n) is 12.2. The van der Waals surface area contributed by atoms with E-state index in [1.807, 2.05) is 68.4 Å². The Labute approximate surface area is 242 Å². The minimum absolute atomic E-state index is 0.0154. The van der Waals surface area contributed by atoms with Crippen molar-refractivity contribution in [1.82, 2.24) is 10.2 Å². The van der Waals surface area contributed by atoms with Gasteiger partial charge in [-0.3, -0.25) is 9.59 Å². The number of carbonyl (C=O) groups excluding carboxylic acids is 2. The Balaban J connectivity index is 1.90. The Morgan fingerprint density at radius 2 is 1.59 bits per heavy atom. The summed E-state index contributed by atoms with van der Waals surface area (Å²) in [5.41, 5.74) is 2.72. The maximum absolute atomic E-state index is 13.7. The van der Waals surface area contributed by atoms with Crippen molar-refractivity contribution in [3.8, 4) is 0 Å². The summed E-state index contributed by atoms with van der Waals surface area (Å²) >= 11 is 18.0. The van der Waals surface area contributed by atoms with E-state index in [1.165, 1.54) is 11.8 Å². The first-order valence-corrected chi connectivity index (χ1v) is 14.9. The first kappa shape index (κ1) is 29.6. The second-order valence-electron chi connectivity index (χ2n) is 8.86. The molecule has 3 aromatic carbocycles. The molecule has 196 valence electrons. The number of halogens is 3. The standard InChI is InChI=1S/C29H31BrCl2N2O2S/c1-3-20(2)33-29(36)27(16-21-8-5-4-6-9-21)34(17-24-25(31)10-7-11-26(24)32)28(35)19-37-18-22-12-14-23(30)15-13-22/h4-15,20,27H,3,16-19H2,1-2H3,(H,33,36)/t20-,27+/m0/s1. The summed E-state index contributed by atoms with van der Waals surface area (Å²) < 4.78 is 1.01. The third-order valence-electron chi connectivity index (χ3n) is 6.07. The Morgan fingerprint density at radius 3 is 2.22 bits per heavy atom. The van der Waals surface area contributed by atoms with Gasteiger partial charge in [-0.15, -0.1) is 11.8 Å². The maximum atomic E-state index is 13.7. The van der Waals surface area contributed by atoms with E-state index < -0.39 is 6.04 Å². The van der Waals surface area contributed by atoms with Gasteiger partial charge >= 0.3 is 0 Å². The summed E-state index contributed by atoms with van der Waals surface area (Å²) in [5, 5.41) is 4.01. The van der Waals surface area contributed by atoms with Crippen LogP contribution in [0.4, 0.5) is 0 Å². The van der Waals surface area contributed by atoms with Gasteiger partial charge in [-0.2, -0.15) is 0 Å². The molecule has 0 aliphatic rings. The molecule has 0 saturated heterocycles. The molecule has 0 fully saturated rings. The fraction of sp³-hybridized carbons (Fsp3) is 0.310. The molecule has 3 aromatic rings. The van der Waals surface area contributed by atoms with E-state index in [4.69, 9.17) is 23.2 Å². The third kappa shape index (κ3) is 9.06. The number of nitrogens with one attached hydrogen (secondary N) is 1. The topological polar surface area (TPSA) is 49.4 Å². The van der Waals surface area contributed by atoms with Crippen LogP contribution < -0.4 is 5.32 Å². The van der Waals surface area contributed by atoms with Crippen LogP contribution in [0.15, 0.2) is 77.3 Å². The summed E-state index contributed by atoms with van der Waals surface area (Å²) in [6.07, 6.45) is 1.17. The fourth-order valence-electron chi connectivity index (χ4n) is 3.77. The van der Waals surface area contributed by atoms with Crippen LogP contribution in [0.2, 0.25) is 10.0 Å². The van der Waals surface area contributed by atoms with Gasteiger partial charge in [0.1, 0.15) is 6.04 Å². The molecule has 0 saturated carbocycles. The highest BCUT2D eigenvalue weighted by Gasteiger charge is 2.31. The van der Waals surface area contributed by atoms with Crippen LogP contribution in [0.3, 0.4) is 0 Å². The van der Waals surface area contributed by atoms with E-state index >= 15 is 0 Å². The molecule has 2 amide bonds. The van der Waals surface area contributed by atoms with Gasteiger partial charge in [-0.25, -0.2) is 0 Å². The van der Waals surface area contributed by atoms with E-state index in [-0.39, 0.29) is 30.2 Å². The molecular weight excluding hydrogens is 591 g/mol. The van der Waals surface area contributed by atoms with Gasteiger partial charge < -0.3 is 10.2 Å². The summed E-state index contributed by atoms with van der Waals surface area (Å²) in [4.78, 5) is 28.9. The second kappa shape index (κ2) is 14.8. The molecule has 0 heterocycles. The molecule has 0 radical (unpaired) electrons. The lowest BCUT2D eigenvalue weighted by molar-refractivity contribution is -0.139. The smallest absolute Gasteiger partial charge is 0.243 e. The maximum Gasteiger partial charge on any atom is 0.243 e. The minimum Gasteiger partial charge on any atom is -0.352 e. The third-order valence-corrected chi connectivity index (χ3v) is 8.30. The van der Waals surface area contributed by atoms with Crippen LogP contribution in [-0.4, -0.2) is 34.6 Å². The molecule has 3 rings (SSSR count). The van der Waals surface area contributed by atoms with Crippen molar-refractivity contribution < 1.29 is 9.59 Å². The number of nitrogens with zero attached hydrogens (tertiary/aromatic N) is 1. The van der Waals surface area contributed by atoms with Crippen molar-refractivity contribution in [1.29, 1.82) is 0 Å². The average Bonchev–Trinajstić information content (AvgIpc) is 2.89. The number of hydrogen-bond acceptors (Lipinski definition) is 3. The minimum atomic E-state index is -0.718. The molecule has 8 heteroatoms. The van der Waals surface area contributed by atoms with Gasteiger partial charge in [0, 0.05) is 44.8 Å². The molecule has 2 atom stereocenters. The Hall–Kier alpha value is -1.99. The van der Waals surface area contributed by atoms with E-state index in [1.54, 1.807) is 23.1 Å². The summed E-state index contributed by atoms with van der Waals surface area (Å²) in [7, 11) is 0. The fourth-order valence-corrected chi connectivity index (χ4v) is 5.42. The first-order chi connectivity index (χ1) is 17.8. The monoisotopic (exact) mass is 620 g/mol. The van der Waals surface area contributed by atoms with Crippen molar-refractivity contribution >= 4 is 62.7 Å². The van der Waals surface area contributed by atoms with Crippen molar-refractivity contribution in [2.24, 2.45) is 0 Å². The normalized spacial score (nSPS) is 12.6. The molecule has 4 nitrogen and oxygen atoms in total. The number of hydrogen-bond donors (Lipinski definition) is 1. The lowest BCUT2D eigenvalue weighted by Crippen LogP contribution is -2.52. The predicted octanol–water partition coefficient (Wildman–Crippen LogP) is 7.54. The van der Waals surface area contributed by atoms with Gasteiger partial charge in [0.15, 0.2) is 0 Å². The van der Waals surface area contributed by atoms with Gasteiger partial charge in [0.2, 0.25) is 11.8 Å². The molecule has 0 spiro atoms. The summed E-state index contributed by atoms with van der Waals surface area (Å²) in [5.74, 6) is 0.577. The lowest BCUT2D eigenvalue weighted by atomic mass is 10.0. The second-order valence-corrected chi connectivity index (χ2v) is 11.6. The molecule has 0 bridgehead atoms. The van der Waals surface area contributed by atoms with Crippen LogP contribution in [0.5, 0.6) is 0 Å². The molecule has 0 aliphatic carbocycles. The van der Waals surface area contributed by atoms with Crippen molar-refractivity contribution in [2.75, 3.05) is 5.75 Å². The van der Waals surface area contributed by atoms with Gasteiger partial charge in [0.25, 0.3) is 0 Å². The van der Waals surface area contributed by atoms with Crippen molar-refractivity contribution in [2.45, 2.75) is 51.1 Å². The van der Waals surface area contributed by atoms with Crippen molar-refractivity contribution in [3.05, 3.63) is 104 Å². The van der Waals surface area contributed by atoms with Gasteiger partial charge in [-0.05, 0) is 48.7 Å². The zero-order valence-electron chi connectivity index (χ0n) is 20.9. The SMILES string of the molecule is CC[C@H](C)NC(=O)[C@@H](Cc1ccccc1)N(Cc1c(Cl)cccc1Cl)C(=O)CSCc1ccc(Br)cc1. The largest absolute Gasteiger partial charge is 0.352 e. The highest BCUT2D eigenvalue weighted by Crippen LogP contribution is 2.28. The van der Waals surface area contributed by atoms with Gasteiger partial charge in [-0.1, -0.05) is 94.6 Å². The van der Waals surface area contributed by atoms with E-state index in [9.17, 15) is 9.59 Å². The molecular formula is C29H31BrCl2N2O2S. The Bertz CT molecular complexity index is 1160. The van der Waals surface area contributed by atoms with Crippen molar-refractivity contribution in [3.63, 3.8) is 0 Å². The predicted molar refractivity (Wildman–Crippen MR) is 159 cm³/mol. The molecule has 1 N–H and O–H groups in total. The molecule has 0 unspecified atom stereocenters. The van der Waals surface area contributed by atoms with Crippen LogP contribution in [-0.2, 0) is 28.3 Å². The Morgan fingerprint density at radius 1 is 0.946 bits per heavy atom. The van der Waals surface area contributed by atoms with E-state index in [0.717, 1.165) is 22.0 Å².